The number of hydrogen-bond donors (Lipinski definition) is 1. The molecule has 0 aromatic carbocycles. The molecule has 0 atom stereocenters. The van der Waals surface area contributed by atoms with Crippen LogP contribution in [0.3, 0.4) is 0 Å². The minimum atomic E-state index is 0.395. The van der Waals surface area contributed by atoms with E-state index in [1.807, 2.05) is 18.3 Å². The lowest BCUT2D eigenvalue weighted by atomic mass is 10.3. The molecule has 0 amide bonds. The van der Waals surface area contributed by atoms with Gasteiger partial charge in [-0.3, -0.25) is 0 Å². The molecule has 1 N–H and O–H groups in total. The summed E-state index contributed by atoms with van der Waals surface area (Å²) in [6.45, 7) is 8.06. The second kappa shape index (κ2) is 6.00. The lowest BCUT2D eigenvalue weighted by Crippen LogP contribution is -2.52. The van der Waals surface area contributed by atoms with Gasteiger partial charge >= 0.3 is 0 Å². The van der Waals surface area contributed by atoms with Crippen LogP contribution in [0.25, 0.3) is 0 Å². The van der Waals surface area contributed by atoms with Crippen LogP contribution in [0.5, 0.6) is 0 Å². The van der Waals surface area contributed by atoms with Crippen LogP contribution in [0.1, 0.15) is 13.8 Å². The molecule has 0 spiro atoms. The maximum Gasteiger partial charge on any atom is 0.169 e. The monoisotopic (exact) mass is 264 g/mol. The van der Waals surface area contributed by atoms with Gasteiger partial charge in [0, 0.05) is 38.4 Å². The Hall–Kier alpha value is -1.36. The molecule has 0 aliphatic carbocycles. The molecule has 18 heavy (non-hydrogen) atoms. The molecule has 1 fully saturated rings. The molecular weight excluding hydrogens is 244 g/mol. The first-order chi connectivity index (χ1) is 8.66. The van der Waals surface area contributed by atoms with Crippen molar-refractivity contribution in [2.24, 2.45) is 0 Å². The molecular formula is C13H20N4S. The van der Waals surface area contributed by atoms with E-state index in [-0.39, 0.29) is 0 Å². The van der Waals surface area contributed by atoms with Crippen molar-refractivity contribution in [1.29, 1.82) is 0 Å². The predicted octanol–water partition coefficient (Wildman–Crippen LogP) is 1.49. The second-order valence-corrected chi connectivity index (χ2v) is 5.15. The van der Waals surface area contributed by atoms with Crippen LogP contribution >= 0.6 is 12.2 Å². The van der Waals surface area contributed by atoms with Crippen LogP contribution in [-0.4, -0.2) is 47.2 Å². The zero-order valence-electron chi connectivity index (χ0n) is 11.0. The van der Waals surface area contributed by atoms with Gasteiger partial charge in [0.15, 0.2) is 5.11 Å². The molecule has 0 bridgehead atoms. The minimum absolute atomic E-state index is 0.395. The molecule has 1 aliphatic heterocycles. The van der Waals surface area contributed by atoms with Crippen LogP contribution in [0, 0.1) is 0 Å². The summed E-state index contributed by atoms with van der Waals surface area (Å²) in [7, 11) is 0. The summed E-state index contributed by atoms with van der Waals surface area (Å²) in [5.41, 5.74) is 0. The van der Waals surface area contributed by atoms with E-state index in [1.165, 1.54) is 0 Å². The summed E-state index contributed by atoms with van der Waals surface area (Å²) in [4.78, 5) is 8.91. The maximum absolute atomic E-state index is 5.39. The van der Waals surface area contributed by atoms with Crippen molar-refractivity contribution in [3.05, 3.63) is 24.4 Å². The van der Waals surface area contributed by atoms with E-state index in [4.69, 9.17) is 12.2 Å². The van der Waals surface area contributed by atoms with Crippen molar-refractivity contribution < 1.29 is 0 Å². The summed E-state index contributed by atoms with van der Waals surface area (Å²) < 4.78 is 0. The van der Waals surface area contributed by atoms with Gasteiger partial charge in [-0.05, 0) is 38.2 Å². The van der Waals surface area contributed by atoms with E-state index in [0.717, 1.165) is 37.1 Å². The van der Waals surface area contributed by atoms with E-state index < -0.39 is 0 Å². The SMILES string of the molecule is CC(C)NC(=S)N1CCN(c2ccccn2)CC1. The highest BCUT2D eigenvalue weighted by atomic mass is 32.1. The molecule has 1 aromatic heterocycles. The van der Waals surface area contributed by atoms with Crippen molar-refractivity contribution in [1.82, 2.24) is 15.2 Å². The molecule has 0 radical (unpaired) electrons. The second-order valence-electron chi connectivity index (χ2n) is 4.77. The van der Waals surface area contributed by atoms with E-state index in [9.17, 15) is 0 Å². The largest absolute Gasteiger partial charge is 0.360 e. The van der Waals surface area contributed by atoms with Gasteiger partial charge in [-0.2, -0.15) is 0 Å². The third-order valence-electron chi connectivity index (χ3n) is 2.95. The zero-order valence-corrected chi connectivity index (χ0v) is 11.8. The van der Waals surface area contributed by atoms with Crippen molar-refractivity contribution in [3.63, 3.8) is 0 Å². The van der Waals surface area contributed by atoms with Gasteiger partial charge in [-0.25, -0.2) is 4.98 Å². The average molecular weight is 264 g/mol. The summed E-state index contributed by atoms with van der Waals surface area (Å²) >= 11 is 5.39. The van der Waals surface area contributed by atoms with Crippen LogP contribution in [0.4, 0.5) is 5.82 Å². The third kappa shape index (κ3) is 3.32. The Labute approximate surface area is 114 Å². The van der Waals surface area contributed by atoms with Crippen molar-refractivity contribution in [2.75, 3.05) is 31.1 Å². The fourth-order valence-corrected chi connectivity index (χ4v) is 2.44. The highest BCUT2D eigenvalue weighted by Gasteiger charge is 2.19. The van der Waals surface area contributed by atoms with Gasteiger partial charge in [-0.1, -0.05) is 6.07 Å². The predicted molar refractivity (Wildman–Crippen MR) is 78.9 cm³/mol. The summed E-state index contributed by atoms with van der Waals surface area (Å²) in [6, 6.07) is 6.42. The number of piperazine rings is 1. The number of anilines is 1. The molecule has 4 nitrogen and oxygen atoms in total. The van der Waals surface area contributed by atoms with Crippen molar-refractivity contribution >= 4 is 23.1 Å². The number of hydrogen-bond acceptors (Lipinski definition) is 3. The van der Waals surface area contributed by atoms with Crippen LogP contribution in [0.15, 0.2) is 24.4 Å². The normalized spacial score (nSPS) is 15.9. The fourth-order valence-electron chi connectivity index (χ4n) is 2.02. The van der Waals surface area contributed by atoms with Gasteiger partial charge in [0.25, 0.3) is 0 Å². The summed E-state index contributed by atoms with van der Waals surface area (Å²) in [5, 5.41) is 4.16. The Balaban J connectivity index is 1.87. The van der Waals surface area contributed by atoms with Crippen LogP contribution in [-0.2, 0) is 0 Å². The molecule has 1 saturated heterocycles. The first-order valence-electron chi connectivity index (χ1n) is 6.38. The molecule has 2 heterocycles. The van der Waals surface area contributed by atoms with Crippen molar-refractivity contribution in [2.45, 2.75) is 19.9 Å². The number of rotatable bonds is 2. The number of aromatic nitrogens is 1. The van der Waals surface area contributed by atoms with Gasteiger partial charge in [-0.15, -0.1) is 0 Å². The number of pyridine rings is 1. The standard InChI is InChI=1S/C13H20N4S/c1-11(2)15-13(18)17-9-7-16(8-10-17)12-5-3-4-6-14-12/h3-6,11H,7-10H2,1-2H3,(H,15,18). The first-order valence-corrected chi connectivity index (χ1v) is 6.79. The highest BCUT2D eigenvalue weighted by Crippen LogP contribution is 2.12. The Morgan fingerprint density at radius 1 is 1.28 bits per heavy atom. The lowest BCUT2D eigenvalue weighted by Gasteiger charge is -2.37. The molecule has 0 saturated carbocycles. The number of nitrogens with one attached hydrogen (secondary N) is 1. The quantitative estimate of drug-likeness (QED) is 0.818. The van der Waals surface area contributed by atoms with Crippen LogP contribution in [0.2, 0.25) is 0 Å². The van der Waals surface area contributed by atoms with E-state index in [1.54, 1.807) is 0 Å². The van der Waals surface area contributed by atoms with Gasteiger partial charge < -0.3 is 15.1 Å². The minimum Gasteiger partial charge on any atom is -0.360 e. The van der Waals surface area contributed by atoms with E-state index in [2.05, 4.69) is 40.0 Å². The fraction of sp³-hybridized carbons (Fsp3) is 0.538. The third-order valence-corrected chi connectivity index (χ3v) is 3.33. The van der Waals surface area contributed by atoms with E-state index >= 15 is 0 Å². The Kier molecular flexibility index (Phi) is 4.36. The van der Waals surface area contributed by atoms with Gasteiger partial charge in [0.1, 0.15) is 5.82 Å². The van der Waals surface area contributed by atoms with Gasteiger partial charge in [0.05, 0.1) is 0 Å². The number of thiocarbonyl (C=S) groups is 1. The Bertz CT molecular complexity index is 385. The molecule has 5 heteroatoms. The highest BCUT2D eigenvalue weighted by molar-refractivity contribution is 7.80. The topological polar surface area (TPSA) is 31.4 Å². The van der Waals surface area contributed by atoms with Crippen molar-refractivity contribution in [3.8, 4) is 0 Å². The van der Waals surface area contributed by atoms with E-state index in [0.29, 0.717) is 6.04 Å². The Morgan fingerprint density at radius 3 is 2.56 bits per heavy atom. The van der Waals surface area contributed by atoms with Gasteiger partial charge in [0.2, 0.25) is 0 Å². The van der Waals surface area contributed by atoms with Crippen LogP contribution < -0.4 is 10.2 Å². The molecule has 98 valence electrons. The average Bonchev–Trinajstić information content (AvgIpc) is 2.39. The Morgan fingerprint density at radius 2 is 2.00 bits per heavy atom. The lowest BCUT2D eigenvalue weighted by molar-refractivity contribution is 0.376. The summed E-state index contributed by atoms with van der Waals surface area (Å²) in [5.74, 6) is 1.06. The zero-order chi connectivity index (χ0) is 13.0. The molecule has 0 unspecified atom stereocenters. The first kappa shape index (κ1) is 13.1. The summed E-state index contributed by atoms with van der Waals surface area (Å²) in [6.07, 6.45) is 1.84. The maximum atomic E-state index is 5.39. The smallest absolute Gasteiger partial charge is 0.169 e. The molecule has 1 aromatic rings. The number of nitrogens with zero attached hydrogens (tertiary/aromatic N) is 3. The molecule has 1 aliphatic rings. The molecule has 2 rings (SSSR count).